The van der Waals surface area contributed by atoms with E-state index in [0.29, 0.717) is 6.54 Å². The lowest BCUT2D eigenvalue weighted by Gasteiger charge is -2.30. The summed E-state index contributed by atoms with van der Waals surface area (Å²) in [6, 6.07) is 8.56. The maximum atomic E-state index is 5.48. The van der Waals surface area contributed by atoms with E-state index in [4.69, 9.17) is 9.73 Å². The second kappa shape index (κ2) is 13.0. The molecule has 1 aliphatic heterocycles. The Balaban J connectivity index is 0.00000338. The standard InChI is InChI=1S/C20H32N4O.HI/c1-4-6-9-12-23(3)20(21-5-2)22-17-18-10-7-8-11-19(18)24-13-15-25-16-14-24;/h4,7-8,10-11H,1,5-6,9,12-17H2,2-3H3,(H,21,22);1H. The smallest absolute Gasteiger partial charge is 0.193 e. The quantitative estimate of drug-likeness (QED) is 0.207. The summed E-state index contributed by atoms with van der Waals surface area (Å²) < 4.78 is 5.48. The highest BCUT2D eigenvalue weighted by molar-refractivity contribution is 14.0. The zero-order chi connectivity index (χ0) is 17.9. The molecular formula is C20H33IN4O. The summed E-state index contributed by atoms with van der Waals surface area (Å²) in [7, 11) is 2.10. The van der Waals surface area contributed by atoms with Crippen LogP contribution in [0.15, 0.2) is 41.9 Å². The molecule has 0 unspecified atom stereocenters. The molecule has 146 valence electrons. The number of anilines is 1. The van der Waals surface area contributed by atoms with Crippen LogP contribution >= 0.6 is 24.0 Å². The highest BCUT2D eigenvalue weighted by Gasteiger charge is 2.14. The summed E-state index contributed by atoms with van der Waals surface area (Å²) in [4.78, 5) is 9.46. The van der Waals surface area contributed by atoms with Gasteiger partial charge in [-0.3, -0.25) is 0 Å². The first kappa shape index (κ1) is 22.8. The number of benzene rings is 1. The van der Waals surface area contributed by atoms with Crippen molar-refractivity contribution in [3.8, 4) is 0 Å². The molecule has 1 aromatic rings. The van der Waals surface area contributed by atoms with Gasteiger partial charge in [-0.05, 0) is 31.4 Å². The summed E-state index contributed by atoms with van der Waals surface area (Å²) in [6.45, 7) is 11.9. The topological polar surface area (TPSA) is 40.1 Å². The third-order valence-electron chi connectivity index (χ3n) is 4.34. The van der Waals surface area contributed by atoms with E-state index in [0.717, 1.165) is 58.2 Å². The van der Waals surface area contributed by atoms with E-state index in [1.807, 2.05) is 6.08 Å². The Kier molecular flexibility index (Phi) is 11.4. The number of nitrogens with zero attached hydrogens (tertiary/aromatic N) is 3. The predicted molar refractivity (Wildman–Crippen MR) is 122 cm³/mol. The summed E-state index contributed by atoms with van der Waals surface area (Å²) >= 11 is 0. The Bertz CT molecular complexity index is 558. The van der Waals surface area contributed by atoms with Gasteiger partial charge in [0.05, 0.1) is 19.8 Å². The van der Waals surface area contributed by atoms with Gasteiger partial charge >= 0.3 is 0 Å². The Morgan fingerprint density at radius 1 is 1.35 bits per heavy atom. The van der Waals surface area contributed by atoms with Crippen LogP contribution in [0.3, 0.4) is 0 Å². The second-order valence-corrected chi connectivity index (χ2v) is 6.25. The third kappa shape index (κ3) is 7.15. The maximum absolute atomic E-state index is 5.48. The fraction of sp³-hybridized carbons (Fsp3) is 0.550. The van der Waals surface area contributed by atoms with Crippen LogP contribution in [0.1, 0.15) is 25.3 Å². The van der Waals surface area contributed by atoms with Crippen molar-refractivity contribution in [2.24, 2.45) is 4.99 Å². The van der Waals surface area contributed by atoms with E-state index in [2.05, 4.69) is 59.9 Å². The molecule has 1 aromatic carbocycles. The molecule has 0 bridgehead atoms. The lowest BCUT2D eigenvalue weighted by molar-refractivity contribution is 0.122. The number of ether oxygens (including phenoxy) is 1. The molecule has 0 saturated carbocycles. The van der Waals surface area contributed by atoms with E-state index in [1.54, 1.807) is 0 Å². The molecule has 2 rings (SSSR count). The first-order chi connectivity index (χ1) is 12.3. The van der Waals surface area contributed by atoms with Crippen molar-refractivity contribution in [1.29, 1.82) is 0 Å². The maximum Gasteiger partial charge on any atom is 0.193 e. The van der Waals surface area contributed by atoms with Crippen LogP contribution in [0.4, 0.5) is 5.69 Å². The van der Waals surface area contributed by atoms with Gasteiger partial charge in [0.15, 0.2) is 5.96 Å². The number of aliphatic imine (C=N–C) groups is 1. The number of guanidine groups is 1. The van der Waals surface area contributed by atoms with Gasteiger partial charge in [0.25, 0.3) is 0 Å². The number of hydrogen-bond acceptors (Lipinski definition) is 3. The van der Waals surface area contributed by atoms with Gasteiger partial charge in [0, 0.05) is 38.9 Å². The van der Waals surface area contributed by atoms with Crippen molar-refractivity contribution in [1.82, 2.24) is 10.2 Å². The molecule has 1 heterocycles. The van der Waals surface area contributed by atoms with Crippen LogP contribution in [0.5, 0.6) is 0 Å². The van der Waals surface area contributed by atoms with Crippen LogP contribution in [-0.2, 0) is 11.3 Å². The van der Waals surface area contributed by atoms with Gasteiger partial charge in [-0.2, -0.15) is 0 Å². The van der Waals surface area contributed by atoms with E-state index in [1.165, 1.54) is 11.3 Å². The van der Waals surface area contributed by atoms with Crippen molar-refractivity contribution >= 4 is 35.6 Å². The van der Waals surface area contributed by atoms with Gasteiger partial charge in [-0.1, -0.05) is 24.3 Å². The van der Waals surface area contributed by atoms with Crippen LogP contribution in [0, 0.1) is 0 Å². The van der Waals surface area contributed by atoms with Crippen LogP contribution in [0.25, 0.3) is 0 Å². The highest BCUT2D eigenvalue weighted by Crippen LogP contribution is 2.22. The summed E-state index contributed by atoms with van der Waals surface area (Å²) in [5.41, 5.74) is 2.54. The average molecular weight is 472 g/mol. The molecule has 0 aromatic heterocycles. The zero-order valence-electron chi connectivity index (χ0n) is 16.1. The van der Waals surface area contributed by atoms with Crippen LogP contribution in [0.2, 0.25) is 0 Å². The van der Waals surface area contributed by atoms with Crippen molar-refractivity contribution < 1.29 is 4.74 Å². The highest BCUT2D eigenvalue weighted by atomic mass is 127. The lowest BCUT2D eigenvalue weighted by atomic mass is 10.1. The number of allylic oxidation sites excluding steroid dienone is 1. The fourth-order valence-corrected chi connectivity index (χ4v) is 2.97. The molecule has 1 saturated heterocycles. The number of hydrogen-bond donors (Lipinski definition) is 1. The first-order valence-electron chi connectivity index (χ1n) is 9.27. The Hall–Kier alpha value is -1.28. The molecule has 26 heavy (non-hydrogen) atoms. The number of morpholine rings is 1. The average Bonchev–Trinajstić information content (AvgIpc) is 2.66. The minimum Gasteiger partial charge on any atom is -0.378 e. The SMILES string of the molecule is C=CCCCN(C)C(=NCc1ccccc1N1CCOCC1)NCC.I. The van der Waals surface area contributed by atoms with Gasteiger partial charge in [-0.15, -0.1) is 30.6 Å². The summed E-state index contributed by atoms with van der Waals surface area (Å²) in [5, 5.41) is 3.40. The normalized spacial score (nSPS) is 14.5. The van der Waals surface area contributed by atoms with Crippen molar-refractivity contribution in [2.45, 2.75) is 26.3 Å². The van der Waals surface area contributed by atoms with E-state index >= 15 is 0 Å². The van der Waals surface area contributed by atoms with Gasteiger partial charge in [-0.25, -0.2) is 4.99 Å². The summed E-state index contributed by atoms with van der Waals surface area (Å²) in [6.07, 6.45) is 4.09. The van der Waals surface area contributed by atoms with E-state index in [9.17, 15) is 0 Å². The summed E-state index contributed by atoms with van der Waals surface area (Å²) in [5.74, 6) is 0.961. The lowest BCUT2D eigenvalue weighted by Crippen LogP contribution is -2.39. The number of unbranched alkanes of at least 4 members (excludes halogenated alkanes) is 1. The van der Waals surface area contributed by atoms with Gasteiger partial charge in [0.1, 0.15) is 0 Å². The molecule has 1 N–H and O–H groups in total. The number of rotatable bonds is 8. The molecule has 5 nitrogen and oxygen atoms in total. The monoisotopic (exact) mass is 472 g/mol. The van der Waals surface area contributed by atoms with Crippen LogP contribution in [-0.4, -0.2) is 57.3 Å². The zero-order valence-corrected chi connectivity index (χ0v) is 18.4. The first-order valence-corrected chi connectivity index (χ1v) is 9.27. The van der Waals surface area contributed by atoms with Crippen molar-refractivity contribution in [3.63, 3.8) is 0 Å². The van der Waals surface area contributed by atoms with Crippen molar-refractivity contribution in [2.75, 3.05) is 51.3 Å². The second-order valence-electron chi connectivity index (χ2n) is 6.25. The van der Waals surface area contributed by atoms with Crippen molar-refractivity contribution in [3.05, 3.63) is 42.5 Å². The Labute approximate surface area is 175 Å². The molecule has 0 spiro atoms. The minimum absolute atomic E-state index is 0. The fourth-order valence-electron chi connectivity index (χ4n) is 2.97. The van der Waals surface area contributed by atoms with Gasteiger partial charge < -0.3 is 19.9 Å². The number of nitrogens with one attached hydrogen (secondary N) is 1. The molecule has 0 aliphatic carbocycles. The van der Waals surface area contributed by atoms with Gasteiger partial charge in [0.2, 0.25) is 0 Å². The molecule has 0 radical (unpaired) electrons. The molecule has 0 atom stereocenters. The Morgan fingerprint density at radius 2 is 2.08 bits per heavy atom. The number of para-hydroxylation sites is 1. The molecule has 6 heteroatoms. The number of halogens is 1. The molecule has 1 fully saturated rings. The largest absolute Gasteiger partial charge is 0.378 e. The predicted octanol–water partition coefficient (Wildman–Crippen LogP) is 3.50. The molecule has 1 aliphatic rings. The third-order valence-corrected chi connectivity index (χ3v) is 4.34. The Morgan fingerprint density at radius 3 is 2.77 bits per heavy atom. The van der Waals surface area contributed by atoms with E-state index in [-0.39, 0.29) is 24.0 Å². The molecule has 0 amide bonds. The van der Waals surface area contributed by atoms with E-state index < -0.39 is 0 Å². The van der Waals surface area contributed by atoms with Crippen LogP contribution < -0.4 is 10.2 Å². The minimum atomic E-state index is 0. The molecular weight excluding hydrogens is 439 g/mol.